The zero-order valence-corrected chi connectivity index (χ0v) is 8.39. The van der Waals surface area contributed by atoms with Gasteiger partial charge in [-0.3, -0.25) is 5.73 Å². The third kappa shape index (κ3) is 4.37. The number of aliphatic hydroxyl groups is 1. The molecule has 3 N–H and O–H groups in total. The SMILES string of the molecule is CC(COC(N)O)Cc1ccccc1. The molecular weight excluding hydrogens is 178 g/mol. The molecule has 1 aromatic carbocycles. The fraction of sp³-hybridized carbons (Fsp3) is 0.455. The van der Waals surface area contributed by atoms with Gasteiger partial charge in [0.2, 0.25) is 6.41 Å². The number of ether oxygens (including phenoxy) is 1. The van der Waals surface area contributed by atoms with Crippen molar-refractivity contribution in [3.63, 3.8) is 0 Å². The van der Waals surface area contributed by atoms with Crippen molar-refractivity contribution < 1.29 is 9.84 Å². The second kappa shape index (κ2) is 5.75. The Labute approximate surface area is 84.5 Å². The quantitative estimate of drug-likeness (QED) is 0.692. The van der Waals surface area contributed by atoms with Gasteiger partial charge in [-0.1, -0.05) is 37.3 Å². The first-order valence-electron chi connectivity index (χ1n) is 4.77. The molecule has 1 rings (SSSR count). The van der Waals surface area contributed by atoms with E-state index >= 15 is 0 Å². The lowest BCUT2D eigenvalue weighted by molar-refractivity contribution is -0.103. The van der Waals surface area contributed by atoms with Crippen LogP contribution in [0.3, 0.4) is 0 Å². The van der Waals surface area contributed by atoms with Crippen LogP contribution in [0.25, 0.3) is 0 Å². The molecule has 78 valence electrons. The van der Waals surface area contributed by atoms with Crippen molar-refractivity contribution in [2.45, 2.75) is 19.8 Å². The van der Waals surface area contributed by atoms with Crippen LogP contribution >= 0.6 is 0 Å². The molecule has 2 unspecified atom stereocenters. The highest BCUT2D eigenvalue weighted by atomic mass is 16.6. The molecule has 0 saturated carbocycles. The minimum Gasteiger partial charge on any atom is -0.356 e. The topological polar surface area (TPSA) is 55.5 Å². The summed E-state index contributed by atoms with van der Waals surface area (Å²) in [4.78, 5) is 0. The Morgan fingerprint density at radius 2 is 2.00 bits per heavy atom. The van der Waals surface area contributed by atoms with Crippen LogP contribution in [-0.2, 0) is 11.2 Å². The minimum absolute atomic E-state index is 0.357. The average molecular weight is 195 g/mol. The summed E-state index contributed by atoms with van der Waals surface area (Å²) in [7, 11) is 0. The third-order valence-corrected chi connectivity index (χ3v) is 1.98. The van der Waals surface area contributed by atoms with E-state index in [4.69, 9.17) is 15.6 Å². The number of aliphatic hydroxyl groups excluding tert-OH is 1. The summed E-state index contributed by atoms with van der Waals surface area (Å²) in [5.74, 6) is 0.357. The van der Waals surface area contributed by atoms with Crippen LogP contribution in [0.4, 0.5) is 0 Å². The summed E-state index contributed by atoms with van der Waals surface area (Å²) in [6.45, 7) is 2.54. The zero-order valence-electron chi connectivity index (χ0n) is 8.39. The monoisotopic (exact) mass is 195 g/mol. The molecule has 0 saturated heterocycles. The molecule has 0 spiro atoms. The zero-order chi connectivity index (χ0) is 10.4. The standard InChI is InChI=1S/C11H17NO2/c1-9(8-14-11(12)13)7-10-5-3-2-4-6-10/h2-6,9,11,13H,7-8,12H2,1H3. The van der Waals surface area contributed by atoms with E-state index < -0.39 is 6.41 Å². The van der Waals surface area contributed by atoms with E-state index in [0.29, 0.717) is 12.5 Å². The Morgan fingerprint density at radius 3 is 2.57 bits per heavy atom. The Balaban J connectivity index is 2.30. The molecule has 0 heterocycles. The summed E-state index contributed by atoms with van der Waals surface area (Å²) < 4.78 is 4.91. The van der Waals surface area contributed by atoms with Crippen molar-refractivity contribution in [3.05, 3.63) is 35.9 Å². The third-order valence-electron chi connectivity index (χ3n) is 1.98. The van der Waals surface area contributed by atoms with Crippen molar-refractivity contribution in [1.82, 2.24) is 0 Å². The summed E-state index contributed by atoms with van der Waals surface area (Å²) in [6.07, 6.45) is -0.221. The van der Waals surface area contributed by atoms with Crippen molar-refractivity contribution in [1.29, 1.82) is 0 Å². The molecule has 0 amide bonds. The normalized spacial score (nSPS) is 15.1. The molecule has 0 bridgehead atoms. The highest BCUT2D eigenvalue weighted by Crippen LogP contribution is 2.08. The predicted molar refractivity (Wildman–Crippen MR) is 55.5 cm³/mol. The van der Waals surface area contributed by atoms with Gasteiger partial charge in [0.1, 0.15) is 0 Å². The van der Waals surface area contributed by atoms with E-state index in [1.54, 1.807) is 0 Å². The van der Waals surface area contributed by atoms with Crippen molar-refractivity contribution in [2.75, 3.05) is 6.61 Å². The summed E-state index contributed by atoms with van der Waals surface area (Å²) in [5.41, 5.74) is 6.34. The van der Waals surface area contributed by atoms with Crippen molar-refractivity contribution >= 4 is 0 Å². The summed E-state index contributed by atoms with van der Waals surface area (Å²) in [6, 6.07) is 10.2. The molecule has 1 aromatic rings. The number of rotatable bonds is 5. The van der Waals surface area contributed by atoms with Crippen LogP contribution in [0.5, 0.6) is 0 Å². The lowest BCUT2D eigenvalue weighted by Gasteiger charge is -2.13. The molecule has 0 aliphatic rings. The van der Waals surface area contributed by atoms with Crippen LogP contribution in [0.1, 0.15) is 12.5 Å². The van der Waals surface area contributed by atoms with Gasteiger partial charge < -0.3 is 9.84 Å². The van der Waals surface area contributed by atoms with Crippen LogP contribution in [0.15, 0.2) is 30.3 Å². The van der Waals surface area contributed by atoms with Gasteiger partial charge in [0, 0.05) is 0 Å². The largest absolute Gasteiger partial charge is 0.356 e. The average Bonchev–Trinajstić information content (AvgIpc) is 2.16. The number of nitrogens with two attached hydrogens (primary N) is 1. The highest BCUT2D eigenvalue weighted by Gasteiger charge is 2.05. The first-order valence-corrected chi connectivity index (χ1v) is 4.77. The van der Waals surface area contributed by atoms with Crippen molar-refractivity contribution in [2.24, 2.45) is 11.7 Å². The van der Waals surface area contributed by atoms with E-state index in [9.17, 15) is 0 Å². The van der Waals surface area contributed by atoms with Gasteiger partial charge in [-0.05, 0) is 17.9 Å². The van der Waals surface area contributed by atoms with E-state index in [2.05, 4.69) is 19.1 Å². The smallest absolute Gasteiger partial charge is 0.210 e. The first-order chi connectivity index (χ1) is 6.68. The Kier molecular flexibility index (Phi) is 4.59. The van der Waals surface area contributed by atoms with E-state index in [1.807, 2.05) is 18.2 Å². The first kappa shape index (κ1) is 11.2. The van der Waals surface area contributed by atoms with E-state index in [0.717, 1.165) is 6.42 Å². The molecule has 2 atom stereocenters. The number of hydrogen-bond donors (Lipinski definition) is 2. The molecule has 0 radical (unpaired) electrons. The molecule has 3 heteroatoms. The van der Waals surface area contributed by atoms with Gasteiger partial charge in [0.05, 0.1) is 6.61 Å². The van der Waals surface area contributed by atoms with Gasteiger partial charge in [0.15, 0.2) is 0 Å². The highest BCUT2D eigenvalue weighted by molar-refractivity contribution is 5.14. The van der Waals surface area contributed by atoms with Crippen LogP contribution in [0.2, 0.25) is 0 Å². The predicted octanol–water partition coefficient (Wildman–Crippen LogP) is 1.12. The maximum absolute atomic E-state index is 8.72. The van der Waals surface area contributed by atoms with Gasteiger partial charge in [-0.25, -0.2) is 0 Å². The molecular formula is C11H17NO2. The fourth-order valence-electron chi connectivity index (χ4n) is 1.34. The molecule has 0 aliphatic heterocycles. The van der Waals surface area contributed by atoms with Crippen LogP contribution in [0, 0.1) is 5.92 Å². The second-order valence-corrected chi connectivity index (χ2v) is 3.52. The molecule has 14 heavy (non-hydrogen) atoms. The minimum atomic E-state index is -1.16. The summed E-state index contributed by atoms with van der Waals surface area (Å²) >= 11 is 0. The van der Waals surface area contributed by atoms with Crippen LogP contribution < -0.4 is 5.73 Å². The maximum atomic E-state index is 8.72. The lowest BCUT2D eigenvalue weighted by Crippen LogP contribution is -2.25. The van der Waals surface area contributed by atoms with Gasteiger partial charge in [-0.15, -0.1) is 0 Å². The summed E-state index contributed by atoms with van der Waals surface area (Å²) in [5, 5.41) is 8.72. The fourth-order valence-corrected chi connectivity index (χ4v) is 1.34. The second-order valence-electron chi connectivity index (χ2n) is 3.52. The van der Waals surface area contributed by atoms with Gasteiger partial charge >= 0.3 is 0 Å². The molecule has 0 aromatic heterocycles. The van der Waals surface area contributed by atoms with E-state index in [1.165, 1.54) is 5.56 Å². The van der Waals surface area contributed by atoms with Gasteiger partial charge in [-0.2, -0.15) is 0 Å². The van der Waals surface area contributed by atoms with Crippen molar-refractivity contribution in [3.8, 4) is 0 Å². The molecule has 0 fully saturated rings. The number of benzene rings is 1. The van der Waals surface area contributed by atoms with Gasteiger partial charge in [0.25, 0.3) is 0 Å². The number of hydrogen-bond acceptors (Lipinski definition) is 3. The Morgan fingerprint density at radius 1 is 1.36 bits per heavy atom. The molecule has 3 nitrogen and oxygen atoms in total. The van der Waals surface area contributed by atoms with E-state index in [-0.39, 0.29) is 0 Å². The lowest BCUT2D eigenvalue weighted by atomic mass is 10.0. The molecule has 0 aliphatic carbocycles. The Bertz CT molecular complexity index is 249. The Hall–Kier alpha value is -0.900. The van der Waals surface area contributed by atoms with Crippen LogP contribution in [-0.4, -0.2) is 18.1 Å². The maximum Gasteiger partial charge on any atom is 0.210 e.